The third-order valence-electron chi connectivity index (χ3n) is 4.52. The van der Waals surface area contributed by atoms with E-state index >= 15 is 0 Å². The Kier molecular flexibility index (Phi) is 7.91. The van der Waals surface area contributed by atoms with Crippen LogP contribution >= 0.6 is 24.0 Å². The van der Waals surface area contributed by atoms with Gasteiger partial charge in [-0.15, -0.1) is 0 Å². The Morgan fingerprint density at radius 3 is 2.56 bits per heavy atom. The molecule has 1 aromatic heterocycles. The van der Waals surface area contributed by atoms with E-state index in [4.69, 9.17) is 18.0 Å². The maximum absolute atomic E-state index is 12.7. The second-order valence-electron chi connectivity index (χ2n) is 6.39. The molecule has 8 nitrogen and oxygen atoms in total. The SMILES string of the molecule is CCCCn1c(N)c(N(CC)C(=O)CSC(=S)N2CCCC2)c(=O)[nH]c1=O. The van der Waals surface area contributed by atoms with Crippen molar-refractivity contribution in [3.8, 4) is 0 Å². The normalized spacial score (nSPS) is 13.8. The molecule has 1 aliphatic heterocycles. The van der Waals surface area contributed by atoms with Crippen LogP contribution in [0.15, 0.2) is 9.59 Å². The van der Waals surface area contributed by atoms with Crippen molar-refractivity contribution in [2.75, 3.05) is 36.0 Å². The second kappa shape index (κ2) is 9.93. The van der Waals surface area contributed by atoms with E-state index in [1.165, 1.54) is 21.2 Å². The number of thiocarbonyl (C=S) groups is 1. The van der Waals surface area contributed by atoms with Gasteiger partial charge in [0.25, 0.3) is 5.56 Å². The summed E-state index contributed by atoms with van der Waals surface area (Å²) in [4.78, 5) is 42.8. The summed E-state index contributed by atoms with van der Waals surface area (Å²) >= 11 is 6.69. The number of likely N-dealkylation sites (tertiary alicyclic amines) is 1. The lowest BCUT2D eigenvalue weighted by Crippen LogP contribution is -2.42. The molecule has 0 bridgehead atoms. The van der Waals surface area contributed by atoms with Gasteiger partial charge in [-0.25, -0.2) is 4.79 Å². The van der Waals surface area contributed by atoms with Crippen LogP contribution in [-0.4, -0.2) is 50.1 Å². The fraction of sp³-hybridized carbons (Fsp3) is 0.647. The molecule has 0 aliphatic carbocycles. The number of aromatic amines is 1. The van der Waals surface area contributed by atoms with Crippen LogP contribution in [0.1, 0.15) is 39.5 Å². The van der Waals surface area contributed by atoms with Gasteiger partial charge in [-0.05, 0) is 26.2 Å². The van der Waals surface area contributed by atoms with Gasteiger partial charge >= 0.3 is 5.69 Å². The number of hydrogen-bond donors (Lipinski definition) is 2. The van der Waals surface area contributed by atoms with Gasteiger partial charge in [0, 0.05) is 26.2 Å². The van der Waals surface area contributed by atoms with E-state index in [0.717, 1.165) is 38.8 Å². The fourth-order valence-electron chi connectivity index (χ4n) is 3.03. The summed E-state index contributed by atoms with van der Waals surface area (Å²) in [5.41, 5.74) is 4.94. The monoisotopic (exact) mass is 413 g/mol. The zero-order chi connectivity index (χ0) is 20.0. The van der Waals surface area contributed by atoms with Gasteiger partial charge in [-0.1, -0.05) is 37.3 Å². The molecule has 2 heterocycles. The highest BCUT2D eigenvalue weighted by Crippen LogP contribution is 2.20. The maximum atomic E-state index is 12.7. The predicted molar refractivity (Wildman–Crippen MR) is 115 cm³/mol. The minimum Gasteiger partial charge on any atom is -0.383 e. The predicted octanol–water partition coefficient (Wildman–Crippen LogP) is 1.39. The molecule has 0 aromatic carbocycles. The zero-order valence-corrected chi connectivity index (χ0v) is 17.5. The molecule has 1 saturated heterocycles. The van der Waals surface area contributed by atoms with Crippen LogP contribution in [0.2, 0.25) is 0 Å². The van der Waals surface area contributed by atoms with Crippen LogP contribution < -0.4 is 21.9 Å². The molecule has 0 unspecified atom stereocenters. The van der Waals surface area contributed by atoms with Crippen molar-refractivity contribution in [3.63, 3.8) is 0 Å². The summed E-state index contributed by atoms with van der Waals surface area (Å²) in [7, 11) is 0. The molecule has 0 atom stereocenters. The maximum Gasteiger partial charge on any atom is 0.330 e. The molecule has 10 heteroatoms. The van der Waals surface area contributed by atoms with Gasteiger partial charge in [-0.2, -0.15) is 0 Å². The van der Waals surface area contributed by atoms with E-state index in [-0.39, 0.29) is 29.7 Å². The topological polar surface area (TPSA) is 104 Å². The summed E-state index contributed by atoms with van der Waals surface area (Å²) in [6.45, 7) is 6.27. The van der Waals surface area contributed by atoms with Crippen LogP contribution in [0.5, 0.6) is 0 Å². The Hall–Kier alpha value is -1.81. The van der Waals surface area contributed by atoms with Crippen molar-refractivity contribution in [2.24, 2.45) is 0 Å². The molecule has 150 valence electrons. The summed E-state index contributed by atoms with van der Waals surface area (Å²) in [6, 6.07) is 0. The molecule has 1 fully saturated rings. The number of amides is 1. The number of nitrogens with zero attached hydrogens (tertiary/aromatic N) is 3. The highest BCUT2D eigenvalue weighted by atomic mass is 32.2. The smallest absolute Gasteiger partial charge is 0.330 e. The molecule has 27 heavy (non-hydrogen) atoms. The lowest BCUT2D eigenvalue weighted by Gasteiger charge is -2.24. The largest absolute Gasteiger partial charge is 0.383 e. The molecule has 3 N–H and O–H groups in total. The summed E-state index contributed by atoms with van der Waals surface area (Å²) < 4.78 is 2.02. The first-order valence-electron chi connectivity index (χ1n) is 9.25. The molecule has 1 amide bonds. The first-order chi connectivity index (χ1) is 12.9. The quantitative estimate of drug-likeness (QED) is 0.651. The number of nitrogen functional groups attached to an aromatic ring is 1. The van der Waals surface area contributed by atoms with Gasteiger partial charge in [-0.3, -0.25) is 19.1 Å². The highest BCUT2D eigenvalue weighted by Gasteiger charge is 2.24. The average molecular weight is 414 g/mol. The van der Waals surface area contributed by atoms with Crippen LogP contribution in [0.25, 0.3) is 0 Å². The number of anilines is 2. The number of nitrogens with one attached hydrogen (secondary N) is 1. The van der Waals surface area contributed by atoms with Gasteiger partial charge in [0.1, 0.15) is 10.1 Å². The van der Waals surface area contributed by atoms with Crippen LogP contribution in [0, 0.1) is 0 Å². The van der Waals surface area contributed by atoms with E-state index in [2.05, 4.69) is 9.88 Å². The summed E-state index contributed by atoms with van der Waals surface area (Å²) in [5, 5.41) is 0. The number of nitrogens with two attached hydrogens (primary N) is 1. The minimum atomic E-state index is -0.646. The summed E-state index contributed by atoms with van der Waals surface area (Å²) in [6.07, 6.45) is 3.85. The summed E-state index contributed by atoms with van der Waals surface area (Å²) in [5.74, 6) is -0.114. The number of H-pyrrole nitrogens is 1. The Bertz CT molecular complexity index is 799. The van der Waals surface area contributed by atoms with Crippen LogP contribution in [0.3, 0.4) is 0 Å². The number of aromatic nitrogens is 2. The first kappa shape index (κ1) is 21.5. The Labute approximate surface area is 168 Å². The van der Waals surface area contributed by atoms with Crippen molar-refractivity contribution >= 4 is 45.7 Å². The number of carbonyl (C=O) groups excluding carboxylic acids is 1. The van der Waals surface area contributed by atoms with Crippen molar-refractivity contribution in [1.82, 2.24) is 14.5 Å². The van der Waals surface area contributed by atoms with E-state index in [0.29, 0.717) is 10.9 Å². The number of thioether (sulfide) groups is 1. The van der Waals surface area contributed by atoms with Gasteiger partial charge in [0.05, 0.1) is 5.75 Å². The molecule has 0 radical (unpaired) electrons. The molecule has 1 aromatic rings. The van der Waals surface area contributed by atoms with Crippen LogP contribution in [0.4, 0.5) is 11.5 Å². The molecule has 2 rings (SSSR count). The fourth-order valence-corrected chi connectivity index (χ4v) is 4.16. The van der Waals surface area contributed by atoms with E-state index in [9.17, 15) is 14.4 Å². The molecule has 1 aliphatic rings. The molecular formula is C17H27N5O3S2. The third-order valence-corrected chi connectivity index (χ3v) is 6.03. The van der Waals surface area contributed by atoms with Gasteiger partial charge in [0.15, 0.2) is 5.69 Å². The van der Waals surface area contributed by atoms with E-state index in [1.54, 1.807) is 6.92 Å². The molecule has 0 spiro atoms. The average Bonchev–Trinajstić information content (AvgIpc) is 3.17. The highest BCUT2D eigenvalue weighted by molar-refractivity contribution is 8.23. The molecular weight excluding hydrogens is 386 g/mol. The van der Waals surface area contributed by atoms with Gasteiger partial charge < -0.3 is 15.5 Å². The number of unbranched alkanes of at least 4 members (excludes halogenated alkanes) is 1. The van der Waals surface area contributed by atoms with Crippen molar-refractivity contribution < 1.29 is 4.79 Å². The Balaban J connectivity index is 2.20. The number of rotatable bonds is 7. The van der Waals surface area contributed by atoms with Crippen LogP contribution in [-0.2, 0) is 11.3 Å². The third kappa shape index (κ3) is 5.13. The number of carbonyl (C=O) groups is 1. The second-order valence-corrected chi connectivity index (χ2v) is 7.99. The first-order valence-corrected chi connectivity index (χ1v) is 10.6. The lowest BCUT2D eigenvalue weighted by molar-refractivity contribution is -0.116. The minimum absolute atomic E-state index is 0.0273. The Morgan fingerprint density at radius 2 is 1.96 bits per heavy atom. The van der Waals surface area contributed by atoms with Crippen molar-refractivity contribution in [2.45, 2.75) is 46.1 Å². The van der Waals surface area contributed by atoms with E-state index in [1.807, 2.05) is 6.92 Å². The van der Waals surface area contributed by atoms with Crippen molar-refractivity contribution in [3.05, 3.63) is 20.8 Å². The number of hydrogen-bond acceptors (Lipinski definition) is 6. The standard InChI is InChI=1S/C17H27N5O3S2/c1-3-5-10-22-14(18)13(15(24)19-16(22)25)21(4-2)12(23)11-27-17(26)20-8-6-7-9-20/h3-11,18H2,1-2H3,(H,19,24,25). The zero-order valence-electron chi connectivity index (χ0n) is 15.8. The Morgan fingerprint density at radius 1 is 1.30 bits per heavy atom. The van der Waals surface area contributed by atoms with Crippen molar-refractivity contribution in [1.29, 1.82) is 0 Å². The van der Waals surface area contributed by atoms with Gasteiger partial charge in [0.2, 0.25) is 5.91 Å². The lowest BCUT2D eigenvalue weighted by atomic mass is 10.3. The van der Waals surface area contributed by atoms with E-state index < -0.39 is 11.2 Å². The molecule has 0 saturated carbocycles.